The predicted octanol–water partition coefficient (Wildman–Crippen LogP) is 2.57. The molecule has 90 valence electrons. The molecule has 0 aliphatic carbocycles. The highest BCUT2D eigenvalue weighted by Crippen LogP contribution is 2.33. The molecule has 2 atom stereocenters. The maximum absolute atomic E-state index is 12.4. The first-order chi connectivity index (χ1) is 7.50. The first kappa shape index (κ1) is 13.0. The molecule has 0 aromatic heterocycles. The fourth-order valence-corrected chi connectivity index (χ4v) is 2.62. The van der Waals surface area contributed by atoms with Gasteiger partial charge in [0.2, 0.25) is 5.91 Å². The summed E-state index contributed by atoms with van der Waals surface area (Å²) in [6, 6.07) is 2.52. The van der Waals surface area contributed by atoms with E-state index in [1.54, 1.807) is 0 Å². The minimum Gasteiger partial charge on any atom is -0.338 e. The van der Waals surface area contributed by atoms with Crippen LogP contribution in [0, 0.1) is 22.7 Å². The second kappa shape index (κ2) is 4.86. The van der Waals surface area contributed by atoms with E-state index >= 15 is 0 Å². The van der Waals surface area contributed by atoms with Gasteiger partial charge >= 0.3 is 0 Å². The molecule has 3 heteroatoms. The van der Waals surface area contributed by atoms with Gasteiger partial charge in [0, 0.05) is 12.6 Å². The first-order valence-corrected chi connectivity index (χ1v) is 6.23. The van der Waals surface area contributed by atoms with Crippen LogP contribution < -0.4 is 0 Å². The van der Waals surface area contributed by atoms with Crippen LogP contribution in [0.4, 0.5) is 0 Å². The number of amides is 1. The first-order valence-electron chi connectivity index (χ1n) is 6.23. The third-order valence-corrected chi connectivity index (χ3v) is 3.88. The lowest BCUT2D eigenvalue weighted by atomic mass is 9.82. The smallest absolute Gasteiger partial charge is 0.243 e. The molecule has 0 aromatic carbocycles. The molecule has 1 fully saturated rings. The van der Waals surface area contributed by atoms with Crippen LogP contribution in [0.15, 0.2) is 0 Å². The summed E-state index contributed by atoms with van der Waals surface area (Å²) in [5.74, 6) is 0.598. The number of carbonyl (C=O) groups is 1. The van der Waals surface area contributed by atoms with E-state index in [-0.39, 0.29) is 11.9 Å². The number of carbonyl (C=O) groups excluding carboxylic acids is 1. The van der Waals surface area contributed by atoms with E-state index in [0.717, 1.165) is 13.0 Å². The molecule has 1 aliphatic heterocycles. The molecule has 0 bridgehead atoms. The van der Waals surface area contributed by atoms with Crippen molar-refractivity contribution in [3.05, 3.63) is 0 Å². The summed E-state index contributed by atoms with van der Waals surface area (Å²) in [4.78, 5) is 14.3. The number of likely N-dealkylation sites (tertiary alicyclic amines) is 1. The number of nitriles is 1. The fourth-order valence-electron chi connectivity index (χ4n) is 2.62. The number of hydrogen-bond donors (Lipinski definition) is 0. The summed E-state index contributed by atoms with van der Waals surface area (Å²) in [5, 5.41) is 9.26. The fraction of sp³-hybridized carbons (Fsp3) is 0.846. The van der Waals surface area contributed by atoms with E-state index in [2.05, 4.69) is 19.9 Å². The molecule has 0 saturated carbocycles. The van der Waals surface area contributed by atoms with Gasteiger partial charge in [-0.05, 0) is 32.1 Å². The monoisotopic (exact) mass is 222 g/mol. The van der Waals surface area contributed by atoms with Crippen LogP contribution in [-0.2, 0) is 4.79 Å². The van der Waals surface area contributed by atoms with Gasteiger partial charge in [-0.15, -0.1) is 0 Å². The lowest BCUT2D eigenvalue weighted by molar-refractivity contribution is -0.140. The quantitative estimate of drug-likeness (QED) is 0.736. The molecule has 0 aromatic rings. The molecule has 2 unspecified atom stereocenters. The van der Waals surface area contributed by atoms with Crippen LogP contribution in [0.25, 0.3) is 0 Å². The number of nitrogens with zero attached hydrogens (tertiary/aromatic N) is 2. The molecule has 0 radical (unpaired) electrons. The zero-order chi connectivity index (χ0) is 12.3. The SMILES string of the molecule is CCC(C#N)(CC)C(=O)N1CC(C)CC1C. The second-order valence-corrected chi connectivity index (χ2v) is 5.05. The molecule has 0 spiro atoms. The van der Waals surface area contributed by atoms with E-state index in [4.69, 9.17) is 0 Å². The summed E-state index contributed by atoms with van der Waals surface area (Å²) < 4.78 is 0. The van der Waals surface area contributed by atoms with Crippen molar-refractivity contribution in [2.24, 2.45) is 11.3 Å². The van der Waals surface area contributed by atoms with Gasteiger partial charge in [0.25, 0.3) is 0 Å². The van der Waals surface area contributed by atoms with Gasteiger partial charge in [0.15, 0.2) is 0 Å². The minimum absolute atomic E-state index is 0.0388. The molecule has 3 nitrogen and oxygen atoms in total. The van der Waals surface area contributed by atoms with Crippen molar-refractivity contribution in [3.63, 3.8) is 0 Å². The molecule has 1 amide bonds. The third-order valence-electron chi connectivity index (χ3n) is 3.88. The topological polar surface area (TPSA) is 44.1 Å². The zero-order valence-corrected chi connectivity index (χ0v) is 10.8. The van der Waals surface area contributed by atoms with Crippen molar-refractivity contribution >= 4 is 5.91 Å². The Morgan fingerprint density at radius 3 is 2.31 bits per heavy atom. The standard InChI is InChI=1S/C13H22N2O/c1-5-13(6-2,9-14)12(16)15-8-10(3)7-11(15)4/h10-11H,5-8H2,1-4H3. The maximum atomic E-state index is 12.4. The van der Waals surface area contributed by atoms with Gasteiger partial charge in [-0.3, -0.25) is 4.79 Å². The van der Waals surface area contributed by atoms with Crippen molar-refractivity contribution in [1.82, 2.24) is 4.90 Å². The highest BCUT2D eigenvalue weighted by molar-refractivity contribution is 5.85. The summed E-state index contributed by atoms with van der Waals surface area (Å²) in [5.41, 5.74) is -0.793. The van der Waals surface area contributed by atoms with Crippen LogP contribution in [0.1, 0.15) is 47.0 Å². The van der Waals surface area contributed by atoms with Gasteiger partial charge < -0.3 is 4.90 Å². The maximum Gasteiger partial charge on any atom is 0.243 e. The van der Waals surface area contributed by atoms with Crippen molar-refractivity contribution in [2.45, 2.75) is 53.0 Å². The van der Waals surface area contributed by atoms with Crippen LogP contribution in [-0.4, -0.2) is 23.4 Å². The zero-order valence-electron chi connectivity index (χ0n) is 10.8. The number of rotatable bonds is 3. The highest BCUT2D eigenvalue weighted by atomic mass is 16.2. The number of hydrogen-bond acceptors (Lipinski definition) is 2. The molecule has 1 saturated heterocycles. The highest BCUT2D eigenvalue weighted by Gasteiger charge is 2.42. The van der Waals surface area contributed by atoms with Crippen molar-refractivity contribution < 1.29 is 4.79 Å². The van der Waals surface area contributed by atoms with Gasteiger partial charge in [-0.2, -0.15) is 5.26 Å². The van der Waals surface area contributed by atoms with E-state index < -0.39 is 5.41 Å². The summed E-state index contributed by atoms with van der Waals surface area (Å²) in [6.07, 6.45) is 2.27. The van der Waals surface area contributed by atoms with Gasteiger partial charge in [-0.1, -0.05) is 20.8 Å². The largest absolute Gasteiger partial charge is 0.338 e. The molecule has 1 rings (SSSR count). The Morgan fingerprint density at radius 2 is 2.00 bits per heavy atom. The Morgan fingerprint density at radius 1 is 1.44 bits per heavy atom. The minimum atomic E-state index is -0.793. The van der Waals surface area contributed by atoms with Gasteiger partial charge in [-0.25, -0.2) is 0 Å². The van der Waals surface area contributed by atoms with E-state index in [1.807, 2.05) is 18.7 Å². The Kier molecular flexibility index (Phi) is 3.96. The molecule has 16 heavy (non-hydrogen) atoms. The van der Waals surface area contributed by atoms with Crippen molar-refractivity contribution in [3.8, 4) is 6.07 Å². The van der Waals surface area contributed by atoms with E-state index in [0.29, 0.717) is 18.8 Å². The average molecular weight is 222 g/mol. The van der Waals surface area contributed by atoms with Crippen LogP contribution >= 0.6 is 0 Å². The lowest BCUT2D eigenvalue weighted by Crippen LogP contribution is -2.44. The third kappa shape index (κ3) is 2.07. The Balaban J connectivity index is 2.89. The Labute approximate surface area is 98.4 Å². The lowest BCUT2D eigenvalue weighted by Gasteiger charge is -2.31. The van der Waals surface area contributed by atoms with Crippen LogP contribution in [0.2, 0.25) is 0 Å². The van der Waals surface area contributed by atoms with Gasteiger partial charge in [0.05, 0.1) is 6.07 Å². The molecular weight excluding hydrogens is 200 g/mol. The molecule has 0 N–H and O–H groups in total. The summed E-state index contributed by atoms with van der Waals surface area (Å²) in [6.45, 7) is 8.90. The van der Waals surface area contributed by atoms with Crippen molar-refractivity contribution in [1.29, 1.82) is 5.26 Å². The molecule has 1 aliphatic rings. The van der Waals surface area contributed by atoms with E-state index in [1.165, 1.54) is 0 Å². The molecular formula is C13H22N2O. The predicted molar refractivity (Wildman–Crippen MR) is 63.6 cm³/mol. The van der Waals surface area contributed by atoms with Crippen LogP contribution in [0.3, 0.4) is 0 Å². The summed E-state index contributed by atoms with van der Waals surface area (Å²) >= 11 is 0. The van der Waals surface area contributed by atoms with E-state index in [9.17, 15) is 10.1 Å². The average Bonchev–Trinajstić information content (AvgIpc) is 2.61. The van der Waals surface area contributed by atoms with Gasteiger partial charge in [0.1, 0.15) is 5.41 Å². The second-order valence-electron chi connectivity index (χ2n) is 5.05. The normalized spacial score (nSPS) is 25.6. The Hall–Kier alpha value is -1.04. The van der Waals surface area contributed by atoms with Crippen molar-refractivity contribution in [2.75, 3.05) is 6.54 Å². The summed E-state index contributed by atoms with van der Waals surface area (Å²) in [7, 11) is 0. The van der Waals surface area contributed by atoms with Crippen LogP contribution in [0.5, 0.6) is 0 Å². The molecule has 1 heterocycles. The Bertz CT molecular complexity index is 302.